The summed E-state index contributed by atoms with van der Waals surface area (Å²) in [5, 5.41) is 21.4. The maximum Gasteiger partial charge on any atom is 0.256 e. The van der Waals surface area contributed by atoms with Gasteiger partial charge in [0.15, 0.2) is 6.10 Å². The summed E-state index contributed by atoms with van der Waals surface area (Å²) >= 11 is 0. The third-order valence-corrected chi connectivity index (χ3v) is 2.66. The zero-order chi connectivity index (χ0) is 14.4. The smallest absolute Gasteiger partial charge is 0.256 e. The zero-order valence-electron chi connectivity index (χ0n) is 11.0. The quantitative estimate of drug-likeness (QED) is 0.700. The van der Waals surface area contributed by atoms with Crippen LogP contribution in [-0.4, -0.2) is 16.6 Å². The lowest BCUT2D eigenvalue weighted by Crippen LogP contribution is -2.20. The molecular weight excluding hydrogens is 242 g/mol. The van der Waals surface area contributed by atoms with Crippen LogP contribution in [0.2, 0.25) is 0 Å². The predicted octanol–water partition coefficient (Wildman–Crippen LogP) is 1.55. The molecule has 0 spiro atoms. The van der Waals surface area contributed by atoms with E-state index in [9.17, 15) is 9.90 Å². The lowest BCUT2D eigenvalue weighted by Gasteiger charge is -2.13. The summed E-state index contributed by atoms with van der Waals surface area (Å²) in [7, 11) is 0. The van der Waals surface area contributed by atoms with E-state index < -0.39 is 6.10 Å². The number of nitrogens with one attached hydrogen (secondary N) is 2. The third-order valence-electron chi connectivity index (χ3n) is 2.66. The Morgan fingerprint density at radius 2 is 2.42 bits per heavy atom. The van der Waals surface area contributed by atoms with Crippen molar-refractivity contribution in [3.63, 3.8) is 0 Å². The Balaban J connectivity index is 3.51. The number of aliphatic hydroxyl groups is 1. The van der Waals surface area contributed by atoms with Gasteiger partial charge in [-0.1, -0.05) is 18.7 Å². The molecule has 0 radical (unpaired) electrons. The summed E-state index contributed by atoms with van der Waals surface area (Å²) in [4.78, 5) is 14.4. The fourth-order valence-corrected chi connectivity index (χ4v) is 1.78. The second kappa shape index (κ2) is 6.57. The number of nitriles is 1. The van der Waals surface area contributed by atoms with Gasteiger partial charge >= 0.3 is 0 Å². The molecule has 1 heterocycles. The number of aromatic nitrogens is 1. The highest BCUT2D eigenvalue weighted by molar-refractivity contribution is 5.72. The number of aliphatic hydroxyl groups excluding tert-OH is 1. The van der Waals surface area contributed by atoms with Crippen LogP contribution in [0.5, 0.6) is 0 Å². The third kappa shape index (κ3) is 3.12. The highest BCUT2D eigenvalue weighted by Gasteiger charge is 2.14. The van der Waals surface area contributed by atoms with E-state index in [4.69, 9.17) is 5.26 Å². The molecule has 19 heavy (non-hydrogen) atoms. The molecule has 5 nitrogen and oxygen atoms in total. The number of hydrogen-bond acceptors (Lipinski definition) is 4. The maximum atomic E-state index is 11.9. The van der Waals surface area contributed by atoms with E-state index in [0.717, 1.165) is 5.70 Å². The number of hydrogen-bond donors (Lipinski definition) is 3. The van der Waals surface area contributed by atoms with E-state index in [1.807, 2.05) is 19.9 Å². The van der Waals surface area contributed by atoms with Gasteiger partial charge < -0.3 is 15.4 Å². The molecule has 100 valence electrons. The fraction of sp³-hybridized carbons (Fsp3) is 0.286. The van der Waals surface area contributed by atoms with Gasteiger partial charge in [-0.2, -0.15) is 5.26 Å². The molecule has 5 heteroatoms. The van der Waals surface area contributed by atoms with Crippen molar-refractivity contribution in [1.82, 2.24) is 10.3 Å². The lowest BCUT2D eigenvalue weighted by molar-refractivity contribution is 0.230. The van der Waals surface area contributed by atoms with Gasteiger partial charge in [0.2, 0.25) is 0 Å². The summed E-state index contributed by atoms with van der Waals surface area (Å²) in [6.07, 6.45) is 1.93. The summed E-state index contributed by atoms with van der Waals surface area (Å²) in [5.74, 6) is 0. The van der Waals surface area contributed by atoms with Crippen LogP contribution in [0.1, 0.15) is 36.8 Å². The minimum absolute atomic E-state index is 0.172. The molecule has 0 saturated carbocycles. The molecule has 0 amide bonds. The molecule has 1 rings (SSSR count). The van der Waals surface area contributed by atoms with Crippen molar-refractivity contribution in [2.45, 2.75) is 20.0 Å². The largest absolute Gasteiger partial charge is 0.385 e. The van der Waals surface area contributed by atoms with Crippen molar-refractivity contribution in [1.29, 1.82) is 5.26 Å². The van der Waals surface area contributed by atoms with Crippen LogP contribution in [0.3, 0.4) is 0 Å². The molecule has 0 aliphatic rings. The minimum Gasteiger partial charge on any atom is -0.385 e. The van der Waals surface area contributed by atoms with Gasteiger partial charge in [0, 0.05) is 23.4 Å². The van der Waals surface area contributed by atoms with Gasteiger partial charge in [-0.25, -0.2) is 0 Å². The summed E-state index contributed by atoms with van der Waals surface area (Å²) in [5.41, 5.74) is 1.57. The van der Waals surface area contributed by atoms with Crippen LogP contribution in [0.4, 0.5) is 0 Å². The number of nitrogens with zero attached hydrogens (tertiary/aromatic N) is 1. The monoisotopic (exact) mass is 259 g/mol. The van der Waals surface area contributed by atoms with E-state index in [0.29, 0.717) is 17.7 Å². The van der Waals surface area contributed by atoms with Crippen LogP contribution in [0.15, 0.2) is 23.5 Å². The fourth-order valence-electron chi connectivity index (χ4n) is 1.78. The minimum atomic E-state index is -1.36. The molecule has 0 saturated heterocycles. The Morgan fingerprint density at radius 3 is 2.89 bits per heavy atom. The molecule has 0 fully saturated rings. The second-order valence-electron chi connectivity index (χ2n) is 3.85. The number of H-pyrrole nitrogens is 1. The Kier molecular flexibility index (Phi) is 5.10. The van der Waals surface area contributed by atoms with Gasteiger partial charge in [0.1, 0.15) is 6.07 Å². The van der Waals surface area contributed by atoms with Crippen molar-refractivity contribution in [3.05, 3.63) is 45.9 Å². The summed E-state index contributed by atoms with van der Waals surface area (Å²) in [6.45, 7) is 8.09. The Hall–Kier alpha value is -2.32. The van der Waals surface area contributed by atoms with Gasteiger partial charge in [0.25, 0.3) is 5.56 Å². The van der Waals surface area contributed by atoms with Crippen LogP contribution >= 0.6 is 0 Å². The van der Waals surface area contributed by atoms with Crippen molar-refractivity contribution < 1.29 is 5.11 Å². The first-order chi connectivity index (χ1) is 9.08. The molecule has 0 bridgehead atoms. The molecule has 1 atom stereocenters. The number of pyridine rings is 1. The Labute approximate surface area is 111 Å². The Morgan fingerprint density at radius 1 is 1.74 bits per heavy atom. The van der Waals surface area contributed by atoms with Gasteiger partial charge in [-0.05, 0) is 19.9 Å². The van der Waals surface area contributed by atoms with Gasteiger partial charge in [0.05, 0.1) is 5.69 Å². The zero-order valence-corrected chi connectivity index (χ0v) is 11.0. The maximum absolute atomic E-state index is 11.9. The number of aromatic amines is 1. The SMILES string of the molecule is C=Cc1c(/C(=C\C)NCC)cc(C(O)C#N)[nH]c1=O. The second-order valence-corrected chi connectivity index (χ2v) is 3.85. The van der Waals surface area contributed by atoms with Crippen LogP contribution in [-0.2, 0) is 0 Å². The molecule has 1 unspecified atom stereocenters. The summed E-state index contributed by atoms with van der Waals surface area (Å²) < 4.78 is 0. The average Bonchev–Trinajstić information content (AvgIpc) is 2.42. The standard InChI is InChI=1S/C14H17N3O2/c1-4-9-10(11(5-2)16-6-3)7-12(13(18)8-15)17-14(9)19/h4-5,7,13,16,18H,1,6H2,2-3H3,(H,17,19)/b11-5+. The highest BCUT2D eigenvalue weighted by atomic mass is 16.3. The van der Waals surface area contributed by atoms with E-state index in [-0.39, 0.29) is 11.3 Å². The van der Waals surface area contributed by atoms with Crippen LogP contribution in [0.25, 0.3) is 11.8 Å². The van der Waals surface area contributed by atoms with Crippen molar-refractivity contribution >= 4 is 11.8 Å². The topological polar surface area (TPSA) is 88.9 Å². The van der Waals surface area contributed by atoms with Gasteiger partial charge in [-0.3, -0.25) is 4.79 Å². The normalized spacial score (nSPS) is 12.6. The first-order valence-electron chi connectivity index (χ1n) is 5.96. The molecule has 0 aromatic carbocycles. The number of rotatable bonds is 5. The Bertz CT molecular complexity index is 594. The predicted molar refractivity (Wildman–Crippen MR) is 75.1 cm³/mol. The van der Waals surface area contributed by atoms with Gasteiger partial charge in [-0.15, -0.1) is 0 Å². The first-order valence-corrected chi connectivity index (χ1v) is 5.96. The van der Waals surface area contributed by atoms with Crippen molar-refractivity contribution in [3.8, 4) is 6.07 Å². The molecule has 1 aromatic rings. The van der Waals surface area contributed by atoms with Crippen LogP contribution < -0.4 is 10.9 Å². The highest BCUT2D eigenvalue weighted by Crippen LogP contribution is 2.19. The first kappa shape index (κ1) is 14.7. The lowest BCUT2D eigenvalue weighted by atomic mass is 10.0. The number of allylic oxidation sites excluding steroid dienone is 1. The summed E-state index contributed by atoms with van der Waals surface area (Å²) in [6, 6.07) is 3.27. The molecule has 1 aromatic heterocycles. The van der Waals surface area contributed by atoms with Crippen molar-refractivity contribution in [2.75, 3.05) is 6.54 Å². The average molecular weight is 259 g/mol. The molecule has 0 aliphatic heterocycles. The van der Waals surface area contributed by atoms with Crippen molar-refractivity contribution in [2.24, 2.45) is 0 Å². The van der Waals surface area contributed by atoms with E-state index >= 15 is 0 Å². The molecule has 0 aliphatic carbocycles. The van der Waals surface area contributed by atoms with E-state index in [2.05, 4.69) is 16.9 Å². The van der Waals surface area contributed by atoms with Crippen LogP contribution in [0, 0.1) is 11.3 Å². The van der Waals surface area contributed by atoms with E-state index in [1.165, 1.54) is 6.08 Å². The molecule has 3 N–H and O–H groups in total. The molecular formula is C14H17N3O2. The van der Waals surface area contributed by atoms with E-state index in [1.54, 1.807) is 12.1 Å².